The number of nitrogens with zero attached hydrogens (tertiary/aromatic N) is 12. The minimum Gasteiger partial charge on any atom is -0.693 e. The molecule has 0 saturated heterocycles. The number of hydrogen-bond acceptors (Lipinski definition) is 8. The Labute approximate surface area is 385 Å². The van der Waals surface area contributed by atoms with Gasteiger partial charge in [0.25, 0.3) is 11.9 Å². The molecule has 6 N–H and O–H groups in total. The molecule has 2 aromatic carbocycles. The minimum absolute atomic E-state index is 0. The number of benzene rings is 2. The molecule has 8 rings (SSSR count). The van der Waals surface area contributed by atoms with Crippen molar-refractivity contribution in [1.82, 2.24) is 57.3 Å². The van der Waals surface area contributed by atoms with E-state index < -0.39 is 11.9 Å². The van der Waals surface area contributed by atoms with E-state index in [0.717, 1.165) is 53.1 Å². The average molecular weight is 980 g/mol. The monoisotopic (exact) mass is 977 g/mol. The van der Waals surface area contributed by atoms with E-state index in [1.165, 1.54) is 33.4 Å². The fourth-order valence-electron chi connectivity index (χ4n) is 5.77. The Hall–Kier alpha value is -5.88. The van der Waals surface area contributed by atoms with Crippen LogP contribution in [0.15, 0.2) is 149 Å². The largest absolute Gasteiger partial charge is 2.00 e. The van der Waals surface area contributed by atoms with Crippen LogP contribution in [0.4, 0.5) is 0 Å². The van der Waals surface area contributed by atoms with E-state index in [4.69, 9.17) is 19.8 Å². The summed E-state index contributed by atoms with van der Waals surface area (Å²) in [4.78, 5) is 42.7. The van der Waals surface area contributed by atoms with Crippen LogP contribution in [-0.4, -0.2) is 79.5 Å². The fraction of sp³-hybridized carbons (Fsp3) is 0.200. The van der Waals surface area contributed by atoms with Crippen molar-refractivity contribution in [3.8, 4) is 0 Å². The van der Waals surface area contributed by atoms with E-state index in [1.54, 1.807) is 0 Å². The van der Waals surface area contributed by atoms with Crippen LogP contribution in [0.5, 0.6) is 0 Å². The van der Waals surface area contributed by atoms with E-state index in [-0.39, 0.29) is 63.5 Å². The van der Waals surface area contributed by atoms with Crippen molar-refractivity contribution in [2.24, 2.45) is 0 Å². The van der Waals surface area contributed by atoms with E-state index in [2.05, 4.69) is 93.7 Å². The fourth-order valence-corrected chi connectivity index (χ4v) is 5.77. The number of aromatic nitrogens is 12. The van der Waals surface area contributed by atoms with Crippen molar-refractivity contribution in [2.45, 2.75) is 53.1 Å². The van der Waals surface area contributed by atoms with Crippen LogP contribution in [0, 0.1) is 0 Å². The van der Waals surface area contributed by atoms with Crippen LogP contribution in [0.2, 0.25) is 0 Å². The van der Waals surface area contributed by atoms with Gasteiger partial charge < -0.3 is 49.9 Å². The Morgan fingerprint density at radius 1 is 0.393 bits per heavy atom. The molecule has 61 heavy (non-hydrogen) atoms. The molecule has 0 fully saturated rings. The van der Waals surface area contributed by atoms with Crippen molar-refractivity contribution in [3.63, 3.8) is 0 Å². The summed E-state index contributed by atoms with van der Waals surface area (Å²) in [5.74, 6) is -1.67. The molecular formula is C40H48Cu3N14O4. The molecule has 8 aromatic rings. The first kappa shape index (κ1) is 55.1. The standard InChI is InChI=1S/2C18H18N6.2C2H4O2.3Cu.2H2N/c2*1-4-22(13-19-1)10-16-7-17(11-23-5-2-20-14-23)9-18(8-16)12-24-6-3-21-15-24;2*1-2(3)4;;;;;/h2*1-9,13-15H,10-12H2;2*1H3,(H,3,4);;;;2*1H2/q;;;;;;+2;2*-1. The van der Waals surface area contributed by atoms with Crippen LogP contribution in [0.3, 0.4) is 0 Å². The van der Waals surface area contributed by atoms with E-state index in [9.17, 15) is 0 Å². The summed E-state index contributed by atoms with van der Waals surface area (Å²) >= 11 is 0. The number of hydrogen-bond donors (Lipinski definition) is 2. The van der Waals surface area contributed by atoms with Crippen molar-refractivity contribution in [2.75, 3.05) is 0 Å². The third kappa shape index (κ3) is 20.8. The molecule has 0 unspecified atom stereocenters. The molecule has 0 saturated carbocycles. The van der Waals surface area contributed by atoms with Gasteiger partial charge in [-0.1, -0.05) is 36.4 Å². The number of carboxylic acid groups (broad SMARTS) is 2. The van der Waals surface area contributed by atoms with Crippen LogP contribution >= 0.6 is 0 Å². The molecule has 6 heterocycles. The van der Waals surface area contributed by atoms with Crippen LogP contribution in [0.1, 0.15) is 47.2 Å². The smallest absolute Gasteiger partial charge is 0.693 e. The number of carbonyl (C=O) groups is 2. The zero-order valence-electron chi connectivity index (χ0n) is 33.2. The van der Waals surface area contributed by atoms with E-state index >= 15 is 0 Å². The van der Waals surface area contributed by atoms with Gasteiger partial charge in [0.05, 0.1) is 38.0 Å². The SMILES string of the molecule is CC(=O)O.CC(=O)O.[Cu+2].[Cu].[Cu].[NH2-].[NH2-].c1cn(Cc2cc(Cn3ccnc3)cc(Cn3ccnc3)c2)cn1.c1cn(Cc2cc(Cn3ccnc3)cc(Cn3ccnc3)c2)cn1. The number of rotatable bonds is 12. The second-order valence-corrected chi connectivity index (χ2v) is 12.8. The Kier molecular flexibility index (Phi) is 26.5. The molecule has 21 heteroatoms. The normalized spacial score (nSPS) is 9.48. The molecule has 0 aliphatic heterocycles. The van der Waals surface area contributed by atoms with E-state index in [1.807, 2.05) is 112 Å². The van der Waals surface area contributed by atoms with Crippen molar-refractivity contribution < 1.29 is 71.0 Å². The molecule has 0 aliphatic rings. The predicted octanol–water partition coefficient (Wildman–Crippen LogP) is 6.45. The Morgan fingerprint density at radius 2 is 0.525 bits per heavy atom. The Bertz CT molecular complexity index is 1870. The minimum atomic E-state index is -0.833. The summed E-state index contributed by atoms with van der Waals surface area (Å²) in [6.07, 6.45) is 33.8. The summed E-state index contributed by atoms with van der Waals surface area (Å²) in [5.41, 5.74) is 7.59. The Morgan fingerprint density at radius 3 is 0.623 bits per heavy atom. The molecule has 0 aliphatic carbocycles. The van der Waals surface area contributed by atoms with Gasteiger partial charge >= 0.3 is 17.1 Å². The third-order valence-electron chi connectivity index (χ3n) is 7.77. The average Bonchev–Trinajstić information content (AvgIpc) is 3.99. The van der Waals surface area contributed by atoms with Gasteiger partial charge in [-0.15, -0.1) is 0 Å². The van der Waals surface area contributed by atoms with Gasteiger partial charge in [-0.25, -0.2) is 29.9 Å². The van der Waals surface area contributed by atoms with Crippen molar-refractivity contribution in [1.29, 1.82) is 0 Å². The molecule has 335 valence electrons. The Balaban J connectivity index is 0.000000939. The van der Waals surface area contributed by atoms with Gasteiger partial charge in [0.15, 0.2) is 0 Å². The molecule has 3 radical (unpaired) electrons. The van der Waals surface area contributed by atoms with Gasteiger partial charge in [-0.05, 0) is 33.4 Å². The van der Waals surface area contributed by atoms with Gasteiger partial charge in [-0.3, -0.25) is 9.59 Å². The van der Waals surface area contributed by atoms with Gasteiger partial charge in [0.1, 0.15) is 0 Å². The summed E-state index contributed by atoms with van der Waals surface area (Å²) in [6, 6.07) is 13.5. The number of nitrogens with two attached hydrogens (primary N) is 2. The molecule has 6 aromatic heterocycles. The second-order valence-electron chi connectivity index (χ2n) is 12.8. The summed E-state index contributed by atoms with van der Waals surface area (Å²) in [6.45, 7) is 7.05. The molecule has 0 atom stereocenters. The zero-order valence-corrected chi connectivity index (χ0v) is 36.1. The predicted molar refractivity (Wildman–Crippen MR) is 218 cm³/mol. The van der Waals surface area contributed by atoms with Gasteiger partial charge in [0.2, 0.25) is 0 Å². The maximum absolute atomic E-state index is 9.00. The van der Waals surface area contributed by atoms with Crippen LogP contribution < -0.4 is 0 Å². The molecule has 0 amide bonds. The van der Waals surface area contributed by atoms with Crippen molar-refractivity contribution >= 4 is 11.9 Å². The third-order valence-corrected chi connectivity index (χ3v) is 7.77. The maximum atomic E-state index is 9.00. The molecule has 0 bridgehead atoms. The van der Waals surface area contributed by atoms with Crippen molar-refractivity contribution in [3.05, 3.63) is 194 Å². The summed E-state index contributed by atoms with van der Waals surface area (Å²) < 4.78 is 12.5. The first-order chi connectivity index (χ1) is 27.2. The van der Waals surface area contributed by atoms with Gasteiger partial charge in [0, 0.05) is 162 Å². The van der Waals surface area contributed by atoms with Crippen LogP contribution in [0.25, 0.3) is 12.3 Å². The zero-order chi connectivity index (χ0) is 39.5. The first-order valence-corrected chi connectivity index (χ1v) is 17.5. The topological polar surface area (TPSA) is 249 Å². The number of imidazole rings is 6. The van der Waals surface area contributed by atoms with Crippen LogP contribution in [-0.2, 0) is 100 Å². The quantitative estimate of drug-likeness (QED) is 0.127. The van der Waals surface area contributed by atoms with E-state index in [0.29, 0.717) is 0 Å². The summed E-state index contributed by atoms with van der Waals surface area (Å²) in [7, 11) is 0. The maximum Gasteiger partial charge on any atom is 2.00 e. The molecule has 18 nitrogen and oxygen atoms in total. The first-order valence-electron chi connectivity index (χ1n) is 17.5. The number of carboxylic acids is 2. The van der Waals surface area contributed by atoms with Gasteiger partial charge in [-0.2, -0.15) is 0 Å². The second kappa shape index (κ2) is 29.4. The number of aliphatic carboxylic acids is 2. The molecular weight excluding hydrogens is 931 g/mol. The molecule has 0 spiro atoms. The summed E-state index contributed by atoms with van der Waals surface area (Å²) in [5, 5.41) is 14.8.